The van der Waals surface area contributed by atoms with Gasteiger partial charge in [-0.05, 0) is 18.2 Å². The lowest BCUT2D eigenvalue weighted by Gasteiger charge is -2.24. The van der Waals surface area contributed by atoms with Gasteiger partial charge in [0.2, 0.25) is 5.82 Å². The number of hydrogen-bond donors (Lipinski definition) is 2. The van der Waals surface area contributed by atoms with E-state index in [1.165, 1.54) is 4.90 Å². The van der Waals surface area contributed by atoms with Crippen molar-refractivity contribution < 1.29 is 27.8 Å². The zero-order chi connectivity index (χ0) is 16.3. The Kier molecular flexibility index (Phi) is 4.77. The van der Waals surface area contributed by atoms with Gasteiger partial charge in [0.15, 0.2) is 0 Å². The lowest BCUT2D eigenvalue weighted by atomic mass is 10.2. The third kappa shape index (κ3) is 3.42. The Balaban J connectivity index is 2.68. The van der Waals surface area contributed by atoms with Crippen molar-refractivity contribution in [2.75, 3.05) is 31.2 Å². The molecule has 0 saturated heterocycles. The normalized spacial score (nSPS) is 11.9. The summed E-state index contributed by atoms with van der Waals surface area (Å²) in [6.07, 6.45) is -4.76. The number of halogens is 4. The number of alkyl halides is 3. The van der Waals surface area contributed by atoms with E-state index in [1.54, 1.807) is 0 Å². The molecular formula is C13H13F4N3O2. The van der Waals surface area contributed by atoms with Gasteiger partial charge in [-0.2, -0.15) is 13.2 Å². The van der Waals surface area contributed by atoms with Gasteiger partial charge < -0.3 is 15.1 Å². The molecule has 0 atom stereocenters. The van der Waals surface area contributed by atoms with E-state index in [0.717, 1.165) is 18.2 Å². The summed E-state index contributed by atoms with van der Waals surface area (Å²) in [6.45, 7) is -0.828. The van der Waals surface area contributed by atoms with Crippen LogP contribution in [0.3, 0.4) is 0 Å². The van der Waals surface area contributed by atoms with Gasteiger partial charge in [0, 0.05) is 18.5 Å². The number of aliphatic hydroxyl groups excluding tert-OH is 2. The average Bonchev–Trinajstić information content (AvgIpc) is 2.45. The second-order valence-corrected chi connectivity index (χ2v) is 4.46. The maximum Gasteiger partial charge on any atom is 0.451 e. The highest BCUT2D eigenvalue weighted by Gasteiger charge is 2.36. The van der Waals surface area contributed by atoms with Crippen molar-refractivity contribution in [1.29, 1.82) is 0 Å². The molecule has 0 amide bonds. The summed E-state index contributed by atoms with van der Waals surface area (Å²) in [5.41, 5.74) is -0.0698. The molecule has 2 aromatic rings. The lowest BCUT2D eigenvalue weighted by Crippen LogP contribution is -2.31. The molecule has 0 fully saturated rings. The van der Waals surface area contributed by atoms with E-state index in [2.05, 4.69) is 9.97 Å². The number of fused-ring (bicyclic) bond motifs is 1. The molecule has 1 heterocycles. The number of aliphatic hydroxyl groups is 2. The maximum atomic E-state index is 13.4. The van der Waals surface area contributed by atoms with Crippen LogP contribution in [0.5, 0.6) is 0 Å². The van der Waals surface area contributed by atoms with Crippen molar-refractivity contribution in [3.05, 3.63) is 29.8 Å². The summed E-state index contributed by atoms with van der Waals surface area (Å²) < 4.78 is 52.1. The van der Waals surface area contributed by atoms with Gasteiger partial charge in [-0.15, -0.1) is 0 Å². The fourth-order valence-electron chi connectivity index (χ4n) is 2.02. The van der Waals surface area contributed by atoms with Crippen molar-refractivity contribution in [2.24, 2.45) is 0 Å². The Morgan fingerprint density at radius 3 is 2.23 bits per heavy atom. The van der Waals surface area contributed by atoms with Crippen molar-refractivity contribution in [2.45, 2.75) is 6.18 Å². The van der Waals surface area contributed by atoms with Crippen molar-refractivity contribution in [3.63, 3.8) is 0 Å². The van der Waals surface area contributed by atoms with E-state index in [1.807, 2.05) is 0 Å². The molecule has 0 saturated carbocycles. The smallest absolute Gasteiger partial charge is 0.395 e. The number of aromatic nitrogens is 2. The van der Waals surface area contributed by atoms with Crippen molar-refractivity contribution in [1.82, 2.24) is 9.97 Å². The molecule has 1 aromatic carbocycles. The monoisotopic (exact) mass is 319 g/mol. The minimum atomic E-state index is -4.76. The Hall–Kier alpha value is -2.00. The van der Waals surface area contributed by atoms with Crippen LogP contribution in [-0.2, 0) is 6.18 Å². The quantitative estimate of drug-likeness (QED) is 0.819. The third-order valence-electron chi connectivity index (χ3n) is 2.93. The van der Waals surface area contributed by atoms with Gasteiger partial charge in [-0.3, -0.25) is 0 Å². The van der Waals surface area contributed by atoms with Crippen LogP contribution in [0.4, 0.5) is 23.4 Å². The van der Waals surface area contributed by atoms with E-state index in [-0.39, 0.29) is 43.0 Å². The van der Waals surface area contributed by atoms with E-state index < -0.39 is 17.8 Å². The molecule has 0 unspecified atom stereocenters. The lowest BCUT2D eigenvalue weighted by molar-refractivity contribution is -0.144. The Morgan fingerprint density at radius 1 is 1.05 bits per heavy atom. The summed E-state index contributed by atoms with van der Waals surface area (Å²) in [7, 11) is 0. The topological polar surface area (TPSA) is 69.5 Å². The first-order chi connectivity index (χ1) is 10.4. The molecule has 0 aliphatic rings. The minimum Gasteiger partial charge on any atom is -0.395 e. The van der Waals surface area contributed by atoms with Gasteiger partial charge in [-0.25, -0.2) is 14.4 Å². The Morgan fingerprint density at radius 2 is 1.68 bits per heavy atom. The molecule has 120 valence electrons. The molecule has 5 nitrogen and oxygen atoms in total. The van der Waals surface area contributed by atoms with Crippen LogP contribution in [0.1, 0.15) is 5.82 Å². The molecule has 0 aliphatic heterocycles. The molecule has 2 N–H and O–H groups in total. The zero-order valence-electron chi connectivity index (χ0n) is 11.3. The summed E-state index contributed by atoms with van der Waals surface area (Å²) in [5, 5.41) is 18.1. The summed E-state index contributed by atoms with van der Waals surface area (Å²) in [5.74, 6) is -2.19. The summed E-state index contributed by atoms with van der Waals surface area (Å²) >= 11 is 0. The van der Waals surface area contributed by atoms with Crippen LogP contribution in [0.15, 0.2) is 18.2 Å². The molecule has 22 heavy (non-hydrogen) atoms. The first-order valence-corrected chi connectivity index (χ1v) is 6.38. The van der Waals surface area contributed by atoms with Crippen molar-refractivity contribution >= 4 is 16.7 Å². The number of benzene rings is 1. The Bertz CT molecular complexity index is 658. The highest BCUT2D eigenvalue weighted by atomic mass is 19.4. The third-order valence-corrected chi connectivity index (χ3v) is 2.93. The highest BCUT2D eigenvalue weighted by Crippen LogP contribution is 2.32. The van der Waals surface area contributed by atoms with Crippen LogP contribution < -0.4 is 4.90 Å². The van der Waals surface area contributed by atoms with Gasteiger partial charge in [-0.1, -0.05) is 0 Å². The predicted octanol–water partition coefficient (Wildman–Crippen LogP) is 1.58. The fourth-order valence-corrected chi connectivity index (χ4v) is 2.02. The van der Waals surface area contributed by atoms with Gasteiger partial charge >= 0.3 is 6.18 Å². The minimum absolute atomic E-state index is 0.0551. The summed E-state index contributed by atoms with van der Waals surface area (Å²) in [4.78, 5) is 8.10. The van der Waals surface area contributed by atoms with Crippen LogP contribution in [-0.4, -0.2) is 46.5 Å². The van der Waals surface area contributed by atoms with Crippen molar-refractivity contribution in [3.8, 4) is 0 Å². The first-order valence-electron chi connectivity index (χ1n) is 6.38. The predicted molar refractivity (Wildman–Crippen MR) is 70.9 cm³/mol. The number of nitrogens with zero attached hydrogens (tertiary/aromatic N) is 3. The second-order valence-electron chi connectivity index (χ2n) is 4.46. The van der Waals surface area contributed by atoms with Gasteiger partial charge in [0.1, 0.15) is 11.6 Å². The average molecular weight is 319 g/mol. The number of hydrogen-bond acceptors (Lipinski definition) is 5. The molecular weight excluding hydrogens is 306 g/mol. The molecule has 1 aromatic heterocycles. The maximum absolute atomic E-state index is 13.4. The molecule has 0 spiro atoms. The molecule has 2 rings (SSSR count). The number of rotatable bonds is 5. The van der Waals surface area contributed by atoms with Crippen LogP contribution in [0.25, 0.3) is 10.9 Å². The van der Waals surface area contributed by atoms with Gasteiger partial charge in [0.25, 0.3) is 0 Å². The summed E-state index contributed by atoms with van der Waals surface area (Å²) in [6, 6.07) is 3.15. The largest absolute Gasteiger partial charge is 0.451 e. The van der Waals surface area contributed by atoms with E-state index in [4.69, 9.17) is 10.2 Å². The highest BCUT2D eigenvalue weighted by molar-refractivity contribution is 5.89. The zero-order valence-corrected chi connectivity index (χ0v) is 11.3. The fraction of sp³-hybridized carbons (Fsp3) is 0.385. The second kappa shape index (κ2) is 6.41. The van der Waals surface area contributed by atoms with Crippen LogP contribution in [0, 0.1) is 5.82 Å². The van der Waals surface area contributed by atoms with Gasteiger partial charge in [0.05, 0.1) is 18.7 Å². The standard InChI is InChI=1S/C13H13F4N3O2/c14-8-1-2-10-9(7-8)11(20(3-5-21)4-6-22)19-12(18-10)13(15,16)17/h1-2,7,21-22H,3-6H2. The Labute approximate surface area is 122 Å². The molecule has 0 bridgehead atoms. The molecule has 0 radical (unpaired) electrons. The first kappa shape index (κ1) is 16.4. The van der Waals surface area contributed by atoms with E-state index in [0.29, 0.717) is 0 Å². The van der Waals surface area contributed by atoms with E-state index in [9.17, 15) is 17.6 Å². The SMILES string of the molecule is OCCN(CCO)c1nc(C(F)(F)F)nc2ccc(F)cc12. The number of anilines is 1. The van der Waals surface area contributed by atoms with Crippen LogP contribution >= 0.6 is 0 Å². The van der Waals surface area contributed by atoms with Crippen LogP contribution in [0.2, 0.25) is 0 Å². The molecule has 0 aliphatic carbocycles. The van der Waals surface area contributed by atoms with E-state index >= 15 is 0 Å². The molecule has 9 heteroatoms.